The van der Waals surface area contributed by atoms with Crippen LogP contribution in [0, 0.1) is 0 Å². The van der Waals surface area contributed by atoms with Gasteiger partial charge in [-0.25, -0.2) is 19.7 Å². The van der Waals surface area contributed by atoms with Gasteiger partial charge in [-0.3, -0.25) is 4.79 Å². The van der Waals surface area contributed by atoms with Gasteiger partial charge in [-0.15, -0.1) is 11.3 Å². The van der Waals surface area contributed by atoms with Crippen LogP contribution in [-0.4, -0.2) is 56.1 Å². The zero-order chi connectivity index (χ0) is 27.4. The topological polar surface area (TPSA) is 109 Å². The highest BCUT2D eigenvalue weighted by Crippen LogP contribution is 2.30. The molecule has 2 aromatic heterocycles. The molecule has 1 aliphatic heterocycles. The molecule has 3 heterocycles. The van der Waals surface area contributed by atoms with Crippen LogP contribution >= 0.6 is 11.3 Å². The van der Waals surface area contributed by atoms with E-state index in [-0.39, 0.29) is 17.7 Å². The Hall–Kier alpha value is -2.75. The standard InChI is InChI=1S/C27H42N6O3S/c1-9-10-19-16-28-24(37-19)31-21-15-20(17(2)3)29-22(30-21)18-11-13-33(14-12-18)23(34)27(7,8)32-25(35)36-26(4,5)6/h15-18H,9-14H2,1-8H3,(H,32,35)(H,28,29,30,31). The number of piperidine rings is 1. The predicted molar refractivity (Wildman–Crippen MR) is 148 cm³/mol. The largest absolute Gasteiger partial charge is 0.444 e. The molecule has 204 valence electrons. The van der Waals surface area contributed by atoms with Crippen LogP contribution in [0.2, 0.25) is 0 Å². The fourth-order valence-corrected chi connectivity index (χ4v) is 5.13. The number of thiazole rings is 1. The van der Waals surface area contributed by atoms with Gasteiger partial charge < -0.3 is 20.3 Å². The number of hydrogen-bond acceptors (Lipinski definition) is 8. The number of alkyl carbamates (subject to hydrolysis) is 1. The van der Waals surface area contributed by atoms with Crippen LogP contribution in [0.3, 0.4) is 0 Å². The van der Waals surface area contributed by atoms with Crippen molar-refractivity contribution in [3.63, 3.8) is 0 Å². The summed E-state index contributed by atoms with van der Waals surface area (Å²) in [6.45, 7) is 16.4. The summed E-state index contributed by atoms with van der Waals surface area (Å²) in [6.07, 6.45) is 4.95. The highest BCUT2D eigenvalue weighted by molar-refractivity contribution is 7.15. The molecule has 2 aromatic rings. The van der Waals surface area contributed by atoms with Crippen LogP contribution in [0.15, 0.2) is 12.3 Å². The van der Waals surface area contributed by atoms with Crippen molar-refractivity contribution >= 4 is 34.3 Å². The van der Waals surface area contributed by atoms with Crippen molar-refractivity contribution in [3.8, 4) is 0 Å². The molecule has 0 bridgehead atoms. The van der Waals surface area contributed by atoms with E-state index < -0.39 is 17.2 Å². The van der Waals surface area contributed by atoms with Gasteiger partial charge >= 0.3 is 6.09 Å². The minimum atomic E-state index is -1.06. The molecule has 3 rings (SSSR count). The summed E-state index contributed by atoms with van der Waals surface area (Å²) in [7, 11) is 0. The van der Waals surface area contributed by atoms with Gasteiger partial charge in [0.2, 0.25) is 5.91 Å². The van der Waals surface area contributed by atoms with Crippen molar-refractivity contribution < 1.29 is 14.3 Å². The molecule has 2 N–H and O–H groups in total. The highest BCUT2D eigenvalue weighted by Gasteiger charge is 2.37. The number of rotatable bonds is 8. The molecule has 1 saturated heterocycles. The summed E-state index contributed by atoms with van der Waals surface area (Å²) < 4.78 is 5.34. The first-order chi connectivity index (χ1) is 17.3. The first kappa shape index (κ1) is 28.8. The monoisotopic (exact) mass is 530 g/mol. The van der Waals surface area contributed by atoms with E-state index in [0.29, 0.717) is 13.1 Å². The number of amides is 2. The summed E-state index contributed by atoms with van der Waals surface area (Å²) in [5, 5.41) is 6.94. The Morgan fingerprint density at radius 3 is 2.43 bits per heavy atom. The average Bonchev–Trinajstić information content (AvgIpc) is 3.23. The van der Waals surface area contributed by atoms with Crippen LogP contribution in [0.25, 0.3) is 0 Å². The molecular formula is C27H42N6O3S. The number of anilines is 2. The van der Waals surface area contributed by atoms with Gasteiger partial charge in [0, 0.05) is 41.8 Å². The number of nitrogens with zero attached hydrogens (tertiary/aromatic N) is 4. The minimum Gasteiger partial charge on any atom is -0.444 e. The normalized spacial score (nSPS) is 15.1. The van der Waals surface area contributed by atoms with Gasteiger partial charge in [-0.2, -0.15) is 0 Å². The fourth-order valence-electron chi connectivity index (χ4n) is 4.21. The summed E-state index contributed by atoms with van der Waals surface area (Å²) in [6, 6.07) is 2.00. The van der Waals surface area contributed by atoms with Gasteiger partial charge in [0.05, 0.1) is 0 Å². The van der Waals surface area contributed by atoms with E-state index in [1.807, 2.05) is 17.2 Å². The van der Waals surface area contributed by atoms with Gasteiger partial charge in [-0.1, -0.05) is 27.2 Å². The first-order valence-electron chi connectivity index (χ1n) is 13.2. The molecule has 9 nitrogen and oxygen atoms in total. The highest BCUT2D eigenvalue weighted by atomic mass is 32.1. The summed E-state index contributed by atoms with van der Waals surface area (Å²) in [5.74, 6) is 1.85. The second-order valence-electron chi connectivity index (χ2n) is 11.5. The molecule has 0 unspecified atom stereocenters. The van der Waals surface area contributed by atoms with Crippen LogP contribution < -0.4 is 10.6 Å². The third kappa shape index (κ3) is 8.12. The molecule has 0 aliphatic carbocycles. The number of nitrogens with one attached hydrogen (secondary N) is 2. The minimum absolute atomic E-state index is 0.123. The number of hydrogen-bond donors (Lipinski definition) is 2. The molecule has 0 saturated carbocycles. The van der Waals surface area contributed by atoms with Crippen LogP contribution in [-0.2, 0) is 16.0 Å². The number of aromatic nitrogens is 3. The molecule has 37 heavy (non-hydrogen) atoms. The lowest BCUT2D eigenvalue weighted by Gasteiger charge is -2.37. The molecule has 2 amide bonds. The van der Waals surface area contributed by atoms with E-state index in [4.69, 9.17) is 14.7 Å². The Morgan fingerprint density at radius 2 is 1.84 bits per heavy atom. The van der Waals surface area contributed by atoms with E-state index in [2.05, 4.69) is 36.4 Å². The molecule has 1 fully saturated rings. The molecule has 0 radical (unpaired) electrons. The first-order valence-corrected chi connectivity index (χ1v) is 14.0. The molecule has 10 heteroatoms. The zero-order valence-electron chi connectivity index (χ0n) is 23.5. The Balaban J connectivity index is 1.67. The van der Waals surface area contributed by atoms with Gasteiger partial charge in [0.1, 0.15) is 22.8 Å². The van der Waals surface area contributed by atoms with E-state index >= 15 is 0 Å². The summed E-state index contributed by atoms with van der Waals surface area (Å²) in [5.41, 5.74) is -0.707. The van der Waals surface area contributed by atoms with Crippen LogP contribution in [0.1, 0.15) is 103 Å². The zero-order valence-corrected chi connectivity index (χ0v) is 24.3. The molecule has 0 atom stereocenters. The van der Waals surface area contributed by atoms with Gasteiger partial charge in [0.25, 0.3) is 0 Å². The predicted octanol–water partition coefficient (Wildman–Crippen LogP) is 5.76. The van der Waals surface area contributed by atoms with E-state index in [1.165, 1.54) is 4.88 Å². The van der Waals surface area contributed by atoms with Crippen molar-refractivity contribution in [2.75, 3.05) is 18.4 Å². The van der Waals surface area contributed by atoms with Gasteiger partial charge in [-0.05, 0) is 59.8 Å². The maximum absolute atomic E-state index is 13.2. The van der Waals surface area contributed by atoms with Crippen molar-refractivity contribution in [2.45, 2.75) is 104 Å². The number of likely N-dealkylation sites (tertiary alicyclic amines) is 1. The smallest absolute Gasteiger partial charge is 0.408 e. The molecule has 1 aliphatic rings. The second kappa shape index (κ2) is 11.8. The number of carbonyl (C=O) groups is 2. The Kier molecular flexibility index (Phi) is 9.15. The third-order valence-corrected chi connectivity index (χ3v) is 7.11. The summed E-state index contributed by atoms with van der Waals surface area (Å²) in [4.78, 5) is 42.8. The molecule has 0 spiro atoms. The van der Waals surface area contributed by atoms with Crippen molar-refractivity contribution in [2.24, 2.45) is 0 Å². The Morgan fingerprint density at radius 1 is 1.16 bits per heavy atom. The van der Waals surface area contributed by atoms with E-state index in [9.17, 15) is 9.59 Å². The molecular weight excluding hydrogens is 488 g/mol. The SMILES string of the molecule is CCCc1cnc(Nc2cc(C(C)C)nc(C3CCN(C(=O)C(C)(C)NC(=O)OC(C)(C)C)CC3)n2)s1. The van der Waals surface area contributed by atoms with Crippen LogP contribution in [0.5, 0.6) is 0 Å². The Bertz CT molecular complexity index is 1080. The Labute approximate surface area is 224 Å². The third-order valence-electron chi connectivity index (χ3n) is 6.14. The lowest BCUT2D eigenvalue weighted by atomic mass is 9.93. The quantitative estimate of drug-likeness (QED) is 0.446. The lowest BCUT2D eigenvalue weighted by Crippen LogP contribution is -2.57. The maximum atomic E-state index is 13.2. The van der Waals surface area contributed by atoms with E-state index in [1.54, 1.807) is 46.0 Å². The van der Waals surface area contributed by atoms with Gasteiger partial charge in [0.15, 0.2) is 5.13 Å². The van der Waals surface area contributed by atoms with Crippen molar-refractivity contribution in [3.05, 3.63) is 28.7 Å². The summed E-state index contributed by atoms with van der Waals surface area (Å²) >= 11 is 1.66. The van der Waals surface area contributed by atoms with E-state index in [0.717, 1.165) is 48.2 Å². The number of carbonyl (C=O) groups excluding carboxylic acids is 2. The lowest BCUT2D eigenvalue weighted by molar-refractivity contribution is -0.138. The van der Waals surface area contributed by atoms with Crippen molar-refractivity contribution in [1.29, 1.82) is 0 Å². The number of aryl methyl sites for hydroxylation is 1. The number of ether oxygens (including phenoxy) is 1. The van der Waals surface area contributed by atoms with Crippen LogP contribution in [0.4, 0.5) is 15.7 Å². The average molecular weight is 531 g/mol. The second-order valence-corrected chi connectivity index (χ2v) is 12.6. The fraction of sp³-hybridized carbons (Fsp3) is 0.667. The maximum Gasteiger partial charge on any atom is 0.408 e. The molecule has 0 aromatic carbocycles. The van der Waals surface area contributed by atoms with Crippen molar-refractivity contribution in [1.82, 2.24) is 25.2 Å².